The van der Waals surface area contributed by atoms with Gasteiger partial charge in [0.05, 0.1) is 17.7 Å². The highest BCUT2D eigenvalue weighted by atomic mass is 32.2. The lowest BCUT2D eigenvalue weighted by Gasteiger charge is -2.09. The predicted octanol–water partition coefficient (Wildman–Crippen LogP) is 4.11. The monoisotopic (exact) mass is 393 g/mol. The molecule has 0 unspecified atom stereocenters. The smallest absolute Gasteiger partial charge is 0.264 e. The number of ether oxygens (including phenoxy) is 2. The van der Waals surface area contributed by atoms with Crippen molar-refractivity contribution in [2.24, 2.45) is 4.99 Å². The quantitative estimate of drug-likeness (QED) is 0.773. The molecule has 0 spiro atoms. The molecule has 0 aliphatic carbocycles. The predicted molar refractivity (Wildman–Crippen MR) is 111 cm³/mol. The Kier molecular flexibility index (Phi) is 6.02. The highest BCUT2D eigenvalue weighted by molar-refractivity contribution is 8.18. The first-order valence-electron chi connectivity index (χ1n) is 8.55. The Bertz CT molecular complexity index is 1020. The van der Waals surface area contributed by atoms with Crippen molar-refractivity contribution in [1.82, 2.24) is 5.32 Å². The third-order valence-corrected chi connectivity index (χ3v) is 4.91. The number of amidine groups is 1. The molecule has 0 saturated carbocycles. The second-order valence-electron chi connectivity index (χ2n) is 6.13. The topological polar surface area (TPSA) is 83.7 Å². The number of hydrogen-bond acceptors (Lipinski definition) is 6. The molecule has 2 aromatic rings. The summed E-state index contributed by atoms with van der Waals surface area (Å²) in [7, 11) is 1.52. The number of nitriles is 1. The molecule has 0 radical (unpaired) electrons. The van der Waals surface area contributed by atoms with Crippen molar-refractivity contribution >= 4 is 34.6 Å². The maximum Gasteiger partial charge on any atom is 0.264 e. The van der Waals surface area contributed by atoms with Crippen molar-refractivity contribution in [2.45, 2.75) is 13.8 Å². The zero-order valence-electron chi connectivity index (χ0n) is 15.8. The molecule has 0 aromatic heterocycles. The molecule has 1 amide bonds. The van der Waals surface area contributed by atoms with Crippen LogP contribution >= 0.6 is 11.8 Å². The van der Waals surface area contributed by atoms with Gasteiger partial charge in [-0.25, -0.2) is 4.99 Å². The third kappa shape index (κ3) is 4.53. The summed E-state index contributed by atoms with van der Waals surface area (Å²) in [5, 5.41) is 12.0. The van der Waals surface area contributed by atoms with Gasteiger partial charge >= 0.3 is 0 Å². The number of thioether (sulfide) groups is 1. The van der Waals surface area contributed by atoms with Gasteiger partial charge in [0.25, 0.3) is 5.91 Å². The molecule has 1 aliphatic rings. The van der Waals surface area contributed by atoms with E-state index >= 15 is 0 Å². The summed E-state index contributed by atoms with van der Waals surface area (Å²) < 4.78 is 10.6. The number of methoxy groups -OCH3 is 1. The Balaban J connectivity index is 1.82. The molecule has 2 aromatic carbocycles. The van der Waals surface area contributed by atoms with Gasteiger partial charge in [-0.2, -0.15) is 5.26 Å². The summed E-state index contributed by atoms with van der Waals surface area (Å²) in [6.45, 7) is 3.96. The van der Waals surface area contributed by atoms with Crippen molar-refractivity contribution in [1.29, 1.82) is 5.26 Å². The summed E-state index contributed by atoms with van der Waals surface area (Å²) >= 11 is 1.29. The van der Waals surface area contributed by atoms with Gasteiger partial charge in [0.2, 0.25) is 0 Å². The van der Waals surface area contributed by atoms with E-state index in [9.17, 15) is 4.79 Å². The van der Waals surface area contributed by atoms with Gasteiger partial charge in [0.15, 0.2) is 23.3 Å². The van der Waals surface area contributed by atoms with Crippen LogP contribution in [0.1, 0.15) is 16.7 Å². The van der Waals surface area contributed by atoms with Gasteiger partial charge < -0.3 is 14.8 Å². The molecule has 28 heavy (non-hydrogen) atoms. The van der Waals surface area contributed by atoms with E-state index in [2.05, 4.69) is 16.4 Å². The minimum absolute atomic E-state index is 0.0622. The Morgan fingerprint density at radius 2 is 2.04 bits per heavy atom. The molecule has 1 heterocycles. The van der Waals surface area contributed by atoms with Crippen LogP contribution in [-0.2, 0) is 4.79 Å². The Morgan fingerprint density at radius 1 is 1.21 bits per heavy atom. The van der Waals surface area contributed by atoms with E-state index in [1.54, 1.807) is 24.3 Å². The summed E-state index contributed by atoms with van der Waals surface area (Å²) in [5.74, 6) is 0.779. The van der Waals surface area contributed by atoms with E-state index in [-0.39, 0.29) is 12.5 Å². The van der Waals surface area contributed by atoms with E-state index in [1.807, 2.05) is 32.0 Å². The number of carbonyl (C=O) groups excluding carboxylic acids is 1. The minimum atomic E-state index is -0.197. The summed E-state index contributed by atoms with van der Waals surface area (Å²) in [4.78, 5) is 17.4. The average molecular weight is 393 g/mol. The molecular weight excluding hydrogens is 374 g/mol. The van der Waals surface area contributed by atoms with Crippen LogP contribution in [-0.4, -0.2) is 24.8 Å². The largest absolute Gasteiger partial charge is 0.493 e. The summed E-state index contributed by atoms with van der Waals surface area (Å²) in [6, 6.07) is 13.2. The number of aryl methyl sites for hydroxylation is 2. The van der Waals surface area contributed by atoms with Gasteiger partial charge in [0.1, 0.15) is 6.07 Å². The first kappa shape index (κ1) is 19.5. The molecule has 3 rings (SSSR count). The van der Waals surface area contributed by atoms with Crippen LogP contribution in [0, 0.1) is 25.2 Å². The van der Waals surface area contributed by atoms with Crippen molar-refractivity contribution in [3.8, 4) is 17.6 Å². The lowest BCUT2D eigenvalue weighted by molar-refractivity contribution is -0.115. The van der Waals surface area contributed by atoms with Crippen molar-refractivity contribution in [3.05, 3.63) is 58.0 Å². The van der Waals surface area contributed by atoms with Crippen molar-refractivity contribution in [2.75, 3.05) is 13.7 Å². The van der Waals surface area contributed by atoms with Crippen LogP contribution in [0.3, 0.4) is 0 Å². The fraction of sp³-hybridized carbons (Fsp3) is 0.190. The number of carbonyl (C=O) groups is 1. The van der Waals surface area contributed by atoms with Gasteiger partial charge in [-0.1, -0.05) is 23.8 Å². The second kappa shape index (κ2) is 8.63. The van der Waals surface area contributed by atoms with Gasteiger partial charge in [0, 0.05) is 0 Å². The maximum atomic E-state index is 12.3. The third-order valence-electron chi connectivity index (χ3n) is 4.00. The van der Waals surface area contributed by atoms with Crippen LogP contribution in [0.5, 0.6) is 11.5 Å². The zero-order chi connectivity index (χ0) is 20.1. The number of benzene rings is 2. The van der Waals surface area contributed by atoms with E-state index in [0.29, 0.717) is 21.6 Å². The molecule has 1 fully saturated rings. The van der Waals surface area contributed by atoms with Gasteiger partial charge in [-0.15, -0.1) is 0 Å². The fourth-order valence-electron chi connectivity index (χ4n) is 2.68. The molecule has 1 saturated heterocycles. The number of nitrogens with one attached hydrogen (secondary N) is 1. The fourth-order valence-corrected chi connectivity index (χ4v) is 3.51. The summed E-state index contributed by atoms with van der Waals surface area (Å²) in [5.41, 5.74) is 3.83. The van der Waals surface area contributed by atoms with E-state index in [1.165, 1.54) is 24.4 Å². The van der Waals surface area contributed by atoms with Gasteiger partial charge in [-0.05, 0) is 61.0 Å². The minimum Gasteiger partial charge on any atom is -0.493 e. The summed E-state index contributed by atoms with van der Waals surface area (Å²) in [6.07, 6.45) is 1.76. The Morgan fingerprint density at radius 3 is 2.75 bits per heavy atom. The highest BCUT2D eigenvalue weighted by Gasteiger charge is 2.24. The number of rotatable bonds is 5. The van der Waals surface area contributed by atoms with Crippen molar-refractivity contribution in [3.63, 3.8) is 0 Å². The highest BCUT2D eigenvalue weighted by Crippen LogP contribution is 2.32. The molecule has 7 heteroatoms. The average Bonchev–Trinajstić information content (AvgIpc) is 3.01. The van der Waals surface area contributed by atoms with Crippen LogP contribution in [0.4, 0.5) is 5.69 Å². The van der Waals surface area contributed by atoms with E-state index < -0.39 is 0 Å². The maximum absolute atomic E-state index is 12.3. The number of nitrogens with zero attached hydrogens (tertiary/aromatic N) is 2. The van der Waals surface area contributed by atoms with Crippen molar-refractivity contribution < 1.29 is 14.3 Å². The zero-order valence-corrected chi connectivity index (χ0v) is 16.6. The van der Waals surface area contributed by atoms with Gasteiger partial charge in [-0.3, -0.25) is 4.79 Å². The number of amides is 1. The lowest BCUT2D eigenvalue weighted by atomic mass is 10.1. The number of hydrogen-bond donors (Lipinski definition) is 1. The molecular formula is C21H19N3O3S. The molecule has 1 aliphatic heterocycles. The van der Waals surface area contributed by atoms with Crippen LogP contribution in [0.25, 0.3) is 6.08 Å². The van der Waals surface area contributed by atoms with Crippen LogP contribution < -0.4 is 14.8 Å². The molecule has 0 bridgehead atoms. The Labute approximate surface area is 167 Å². The molecule has 1 N–H and O–H groups in total. The van der Waals surface area contributed by atoms with E-state index in [0.717, 1.165) is 16.8 Å². The first-order valence-corrected chi connectivity index (χ1v) is 9.36. The van der Waals surface area contributed by atoms with E-state index in [4.69, 9.17) is 14.7 Å². The second-order valence-corrected chi connectivity index (χ2v) is 7.16. The molecule has 6 nitrogen and oxygen atoms in total. The van der Waals surface area contributed by atoms with Crippen LogP contribution in [0.15, 0.2) is 46.3 Å². The number of aliphatic imine (C=N–C) groups is 1. The first-order chi connectivity index (χ1) is 13.5. The normalized spacial score (nSPS) is 16.1. The molecule has 142 valence electrons. The lowest BCUT2D eigenvalue weighted by Crippen LogP contribution is -2.19. The van der Waals surface area contributed by atoms with Crippen LogP contribution in [0.2, 0.25) is 0 Å². The SMILES string of the molecule is COc1cc(/C=C2\SC(=Nc3ccc(C)cc3C)NC2=O)ccc1OCC#N. The standard InChI is InChI=1S/C21H19N3O3S/c1-13-4-6-16(14(2)10-13)23-21-24-20(25)19(28-21)12-15-5-7-17(27-9-8-22)18(11-15)26-3/h4-7,10-12H,9H2,1-3H3,(H,23,24,25)/b19-12-. The molecule has 0 atom stereocenters. The Hall–Kier alpha value is -3.24.